The number of sulfonamides is 1. The Hall–Kier alpha value is -1.69. The number of hydrogen-bond acceptors (Lipinski definition) is 3. The molecule has 1 atom stereocenters. The van der Waals surface area contributed by atoms with Gasteiger partial charge >= 0.3 is 0 Å². The second kappa shape index (κ2) is 5.16. The minimum absolute atomic E-state index is 0.0558. The van der Waals surface area contributed by atoms with E-state index in [2.05, 4.69) is 0 Å². The smallest absolute Gasteiger partial charge is 0.243 e. The molecule has 1 aliphatic heterocycles. The van der Waals surface area contributed by atoms with Crippen LogP contribution < -0.4 is 0 Å². The molecule has 1 saturated heterocycles. The largest absolute Gasteiger partial charge is 0.382 e. The molecule has 1 aliphatic rings. The van der Waals surface area contributed by atoms with Crippen molar-refractivity contribution < 1.29 is 13.5 Å². The zero-order valence-corrected chi connectivity index (χ0v) is 14.3. The van der Waals surface area contributed by atoms with Gasteiger partial charge in [0.25, 0.3) is 0 Å². The van der Waals surface area contributed by atoms with E-state index in [9.17, 15) is 13.5 Å². The summed E-state index contributed by atoms with van der Waals surface area (Å²) in [5.41, 5.74) is -0.364. The van der Waals surface area contributed by atoms with Gasteiger partial charge in [-0.15, -0.1) is 0 Å². The summed E-state index contributed by atoms with van der Waals surface area (Å²) in [7, 11) is -3.63. The summed E-state index contributed by atoms with van der Waals surface area (Å²) >= 11 is 0. The molecule has 0 saturated carbocycles. The van der Waals surface area contributed by atoms with E-state index in [1.807, 2.05) is 37.3 Å². The first-order chi connectivity index (χ1) is 10.7. The minimum atomic E-state index is -3.63. The Morgan fingerprint density at radius 3 is 2.09 bits per heavy atom. The summed E-state index contributed by atoms with van der Waals surface area (Å²) in [5, 5.41) is 11.0. The minimum Gasteiger partial charge on any atom is -0.382 e. The van der Waals surface area contributed by atoms with Crippen LogP contribution in [0.1, 0.15) is 25.0 Å². The lowest BCUT2D eigenvalue weighted by atomic mass is 9.70. The second-order valence-electron chi connectivity index (χ2n) is 6.61. The maximum atomic E-state index is 12.9. The Morgan fingerprint density at radius 2 is 1.57 bits per heavy atom. The Morgan fingerprint density at radius 1 is 1.00 bits per heavy atom. The maximum Gasteiger partial charge on any atom is 0.243 e. The molecule has 2 aromatic carbocycles. The maximum absolute atomic E-state index is 12.9. The highest BCUT2D eigenvalue weighted by Crippen LogP contribution is 2.49. The van der Waals surface area contributed by atoms with Gasteiger partial charge in [-0.2, -0.15) is 4.31 Å². The third-order valence-electron chi connectivity index (χ3n) is 4.87. The molecule has 122 valence electrons. The van der Waals surface area contributed by atoms with Crippen LogP contribution >= 0.6 is 0 Å². The van der Waals surface area contributed by atoms with Gasteiger partial charge in [-0.3, -0.25) is 0 Å². The average Bonchev–Trinajstić information content (AvgIpc) is 2.53. The van der Waals surface area contributed by atoms with Gasteiger partial charge in [0.05, 0.1) is 10.4 Å². The number of aryl methyl sites for hydroxylation is 1. The van der Waals surface area contributed by atoms with Crippen molar-refractivity contribution in [1.82, 2.24) is 4.31 Å². The molecule has 5 heteroatoms. The second-order valence-corrected chi connectivity index (χ2v) is 8.47. The van der Waals surface area contributed by atoms with Crippen LogP contribution in [-0.4, -0.2) is 29.9 Å². The highest BCUT2D eigenvalue weighted by Gasteiger charge is 2.63. The van der Waals surface area contributed by atoms with Crippen molar-refractivity contribution in [2.24, 2.45) is 0 Å². The Kier molecular flexibility index (Phi) is 3.63. The predicted molar refractivity (Wildman–Crippen MR) is 89.5 cm³/mol. The highest BCUT2D eigenvalue weighted by atomic mass is 32.2. The van der Waals surface area contributed by atoms with Crippen LogP contribution in [0.15, 0.2) is 59.5 Å². The lowest BCUT2D eigenvalue weighted by molar-refractivity contribution is -0.169. The highest BCUT2D eigenvalue weighted by molar-refractivity contribution is 7.89. The molecule has 23 heavy (non-hydrogen) atoms. The lowest BCUT2D eigenvalue weighted by Gasteiger charge is -2.59. The molecule has 1 N–H and O–H groups in total. The van der Waals surface area contributed by atoms with Gasteiger partial charge in [0.1, 0.15) is 5.60 Å². The van der Waals surface area contributed by atoms with Crippen LogP contribution in [0.25, 0.3) is 0 Å². The number of β-amino-alcohol motifs (C(OH)–C–C–N with tert-alkyl or cyclic N) is 1. The van der Waals surface area contributed by atoms with Crippen molar-refractivity contribution in [2.45, 2.75) is 36.8 Å². The quantitative estimate of drug-likeness (QED) is 0.941. The molecule has 1 unspecified atom stereocenters. The molecule has 0 bridgehead atoms. The SMILES string of the molecule is Cc1ccc(S(=O)(=O)N2CC(O)(c3ccccc3)C2(C)C)cc1. The molecular formula is C18H21NO3S. The van der Waals surface area contributed by atoms with E-state index in [-0.39, 0.29) is 11.4 Å². The first kappa shape index (κ1) is 16.2. The van der Waals surface area contributed by atoms with E-state index in [4.69, 9.17) is 0 Å². The Labute approximate surface area is 137 Å². The first-order valence-corrected chi connectivity index (χ1v) is 9.01. The molecule has 4 nitrogen and oxygen atoms in total. The van der Waals surface area contributed by atoms with E-state index >= 15 is 0 Å². The number of nitrogens with zero attached hydrogens (tertiary/aromatic N) is 1. The number of rotatable bonds is 3. The van der Waals surface area contributed by atoms with Crippen LogP contribution in [0.4, 0.5) is 0 Å². The van der Waals surface area contributed by atoms with Gasteiger partial charge in [-0.25, -0.2) is 8.42 Å². The van der Waals surface area contributed by atoms with Crippen LogP contribution in [-0.2, 0) is 15.6 Å². The molecule has 0 aromatic heterocycles. The van der Waals surface area contributed by atoms with Gasteiger partial charge in [0.15, 0.2) is 0 Å². The molecule has 1 fully saturated rings. The summed E-state index contributed by atoms with van der Waals surface area (Å²) in [5.74, 6) is 0. The molecule has 0 aliphatic carbocycles. The topological polar surface area (TPSA) is 57.6 Å². The summed E-state index contributed by atoms with van der Waals surface area (Å²) < 4.78 is 27.1. The fourth-order valence-electron chi connectivity index (χ4n) is 3.10. The first-order valence-electron chi connectivity index (χ1n) is 7.57. The average molecular weight is 331 g/mol. The van der Waals surface area contributed by atoms with Crippen molar-refractivity contribution in [3.05, 3.63) is 65.7 Å². The molecule has 2 aromatic rings. The van der Waals surface area contributed by atoms with Gasteiger partial charge in [0.2, 0.25) is 10.0 Å². The van der Waals surface area contributed by atoms with Gasteiger partial charge < -0.3 is 5.11 Å². The summed E-state index contributed by atoms with van der Waals surface area (Å²) in [4.78, 5) is 0.256. The lowest BCUT2D eigenvalue weighted by Crippen LogP contribution is -2.75. The summed E-state index contributed by atoms with van der Waals surface area (Å²) in [6.45, 7) is 5.49. The van der Waals surface area contributed by atoms with E-state index < -0.39 is 21.2 Å². The van der Waals surface area contributed by atoms with Crippen molar-refractivity contribution in [3.8, 4) is 0 Å². The van der Waals surface area contributed by atoms with Gasteiger partial charge in [-0.05, 0) is 38.5 Å². The molecule has 3 rings (SSSR count). The van der Waals surface area contributed by atoms with Crippen molar-refractivity contribution in [3.63, 3.8) is 0 Å². The van der Waals surface area contributed by atoms with E-state index in [1.165, 1.54) is 4.31 Å². The molecule has 0 amide bonds. The molecule has 1 heterocycles. The van der Waals surface area contributed by atoms with Crippen molar-refractivity contribution in [2.75, 3.05) is 6.54 Å². The Balaban J connectivity index is 1.96. The third-order valence-corrected chi connectivity index (χ3v) is 6.90. The Bertz CT molecular complexity index is 813. The summed E-state index contributed by atoms with van der Waals surface area (Å²) in [6.07, 6.45) is 0. The zero-order valence-electron chi connectivity index (χ0n) is 13.5. The zero-order chi connectivity index (χ0) is 16.9. The van der Waals surface area contributed by atoms with Gasteiger partial charge in [0, 0.05) is 6.54 Å². The van der Waals surface area contributed by atoms with E-state index in [0.29, 0.717) is 0 Å². The van der Waals surface area contributed by atoms with Crippen LogP contribution in [0.5, 0.6) is 0 Å². The van der Waals surface area contributed by atoms with E-state index in [1.54, 1.807) is 38.1 Å². The molecule has 0 radical (unpaired) electrons. The molecule has 0 spiro atoms. The van der Waals surface area contributed by atoms with Crippen LogP contribution in [0, 0.1) is 6.92 Å². The fourth-order valence-corrected chi connectivity index (χ4v) is 4.94. The number of hydrogen-bond donors (Lipinski definition) is 1. The number of aliphatic hydroxyl groups is 1. The van der Waals surface area contributed by atoms with Gasteiger partial charge in [-0.1, -0.05) is 48.0 Å². The fraction of sp³-hybridized carbons (Fsp3) is 0.333. The number of benzene rings is 2. The standard InChI is InChI=1S/C18H21NO3S/c1-14-9-11-16(12-10-14)23(21,22)19-13-18(20,17(19,2)3)15-7-5-4-6-8-15/h4-12,20H,13H2,1-3H3. The normalized spacial score (nSPS) is 24.2. The predicted octanol–water partition coefficient (Wildman–Crippen LogP) is 2.67. The van der Waals surface area contributed by atoms with Crippen LogP contribution in [0.3, 0.4) is 0 Å². The van der Waals surface area contributed by atoms with E-state index in [0.717, 1.165) is 11.1 Å². The third kappa shape index (κ3) is 2.31. The summed E-state index contributed by atoms with van der Waals surface area (Å²) in [6, 6.07) is 16.0. The molecular weight excluding hydrogens is 310 g/mol. The van der Waals surface area contributed by atoms with Crippen molar-refractivity contribution in [1.29, 1.82) is 0 Å². The van der Waals surface area contributed by atoms with Crippen LogP contribution in [0.2, 0.25) is 0 Å². The monoisotopic (exact) mass is 331 g/mol. The van der Waals surface area contributed by atoms with Crippen molar-refractivity contribution >= 4 is 10.0 Å².